The number of carboxylic acids is 1. The molecule has 0 bridgehead atoms. The molecule has 3 heterocycles. The van der Waals surface area contributed by atoms with Gasteiger partial charge in [0.05, 0.1) is 17.2 Å². The van der Waals surface area contributed by atoms with Crippen molar-refractivity contribution in [3.8, 4) is 0 Å². The highest BCUT2D eigenvalue weighted by molar-refractivity contribution is 5.87. The first-order valence-corrected chi connectivity index (χ1v) is 9.65. The summed E-state index contributed by atoms with van der Waals surface area (Å²) in [5.74, 6) is -2.34. The zero-order valence-electron chi connectivity index (χ0n) is 17.0. The molecule has 14 heteroatoms. The molecule has 176 valence electrons. The van der Waals surface area contributed by atoms with E-state index in [2.05, 4.69) is 20.3 Å². The minimum absolute atomic E-state index is 0.0102. The number of benzene rings is 1. The molecular formula is C20H14F4N6O4. The fourth-order valence-corrected chi connectivity index (χ4v) is 3.57. The van der Waals surface area contributed by atoms with Crippen molar-refractivity contribution >= 4 is 29.0 Å². The predicted octanol–water partition coefficient (Wildman–Crippen LogP) is 3.94. The van der Waals surface area contributed by atoms with E-state index in [4.69, 9.17) is 5.11 Å². The molecule has 1 aliphatic rings. The molecule has 1 aliphatic heterocycles. The van der Waals surface area contributed by atoms with Crippen molar-refractivity contribution in [2.75, 3.05) is 16.8 Å². The van der Waals surface area contributed by atoms with Crippen LogP contribution in [-0.2, 0) is 19.1 Å². The molecule has 0 atom stereocenters. The molecule has 0 aliphatic carbocycles. The van der Waals surface area contributed by atoms with Crippen LogP contribution in [0.3, 0.4) is 0 Å². The van der Waals surface area contributed by atoms with Crippen LogP contribution in [-0.4, -0.2) is 37.5 Å². The van der Waals surface area contributed by atoms with Gasteiger partial charge in [-0.1, -0.05) is 0 Å². The predicted molar refractivity (Wildman–Crippen MR) is 109 cm³/mol. The van der Waals surface area contributed by atoms with Gasteiger partial charge in [-0.15, -0.1) is 0 Å². The molecule has 0 amide bonds. The highest BCUT2D eigenvalue weighted by Crippen LogP contribution is 2.39. The summed E-state index contributed by atoms with van der Waals surface area (Å²) in [5, 5.41) is 22.7. The average Bonchev–Trinajstić information content (AvgIpc) is 2.77. The Kier molecular flexibility index (Phi) is 5.73. The molecule has 2 aromatic heterocycles. The summed E-state index contributed by atoms with van der Waals surface area (Å²) in [5.41, 5.74) is -1.71. The molecule has 0 spiro atoms. The lowest BCUT2D eigenvalue weighted by Crippen LogP contribution is -2.32. The number of fused-ring (bicyclic) bond motifs is 1. The molecule has 34 heavy (non-hydrogen) atoms. The number of rotatable bonds is 5. The Morgan fingerprint density at radius 1 is 1.21 bits per heavy atom. The van der Waals surface area contributed by atoms with Crippen molar-refractivity contribution in [1.82, 2.24) is 15.0 Å². The Morgan fingerprint density at radius 2 is 1.97 bits per heavy atom. The summed E-state index contributed by atoms with van der Waals surface area (Å²) < 4.78 is 53.9. The largest absolute Gasteiger partial charge is 0.478 e. The molecule has 3 aromatic rings. The number of alkyl halides is 3. The van der Waals surface area contributed by atoms with Gasteiger partial charge in [0, 0.05) is 23.9 Å². The van der Waals surface area contributed by atoms with Gasteiger partial charge in [-0.05, 0) is 30.7 Å². The number of aromatic carboxylic acids is 1. The smallest absolute Gasteiger partial charge is 0.423 e. The van der Waals surface area contributed by atoms with E-state index in [1.54, 1.807) is 4.90 Å². The van der Waals surface area contributed by atoms with E-state index in [0.29, 0.717) is 23.5 Å². The SMILES string of the molecule is O=C(O)c1ccc(Nc2ncnc3c2CCN(c2ccc([N+](=O)[O-])c(C(F)(F)F)c2)C3)nc1F. The molecule has 1 aromatic carbocycles. The number of nitro benzene ring substituents is 1. The number of halogens is 4. The van der Waals surface area contributed by atoms with E-state index < -0.39 is 39.8 Å². The first-order chi connectivity index (χ1) is 16.0. The summed E-state index contributed by atoms with van der Waals surface area (Å²) in [6.07, 6.45) is -3.39. The molecular weight excluding hydrogens is 464 g/mol. The van der Waals surface area contributed by atoms with Crippen molar-refractivity contribution in [3.05, 3.63) is 75.1 Å². The van der Waals surface area contributed by atoms with Crippen molar-refractivity contribution in [1.29, 1.82) is 0 Å². The first kappa shape index (κ1) is 22.8. The second kappa shape index (κ2) is 8.53. The average molecular weight is 478 g/mol. The number of nitrogens with one attached hydrogen (secondary N) is 1. The van der Waals surface area contributed by atoms with Gasteiger partial charge >= 0.3 is 12.1 Å². The van der Waals surface area contributed by atoms with Gasteiger partial charge in [0.15, 0.2) is 0 Å². The second-order valence-electron chi connectivity index (χ2n) is 7.24. The summed E-state index contributed by atoms with van der Waals surface area (Å²) in [4.78, 5) is 34.3. The van der Waals surface area contributed by atoms with Crippen LogP contribution in [0, 0.1) is 16.1 Å². The van der Waals surface area contributed by atoms with E-state index in [-0.39, 0.29) is 24.6 Å². The normalized spacial score (nSPS) is 13.4. The van der Waals surface area contributed by atoms with Gasteiger partial charge in [-0.25, -0.2) is 19.7 Å². The topological polar surface area (TPSA) is 134 Å². The molecule has 0 radical (unpaired) electrons. The minimum Gasteiger partial charge on any atom is -0.478 e. The van der Waals surface area contributed by atoms with Crippen LogP contribution in [0.4, 0.5) is 40.6 Å². The highest BCUT2D eigenvalue weighted by Gasteiger charge is 2.39. The Morgan fingerprint density at radius 3 is 2.62 bits per heavy atom. The van der Waals surface area contributed by atoms with E-state index in [1.807, 2.05) is 0 Å². The van der Waals surface area contributed by atoms with Crippen LogP contribution < -0.4 is 10.2 Å². The maximum atomic E-state index is 13.9. The molecule has 0 saturated carbocycles. The molecule has 0 unspecified atom stereocenters. The quantitative estimate of drug-likeness (QED) is 0.242. The van der Waals surface area contributed by atoms with Crippen LogP contribution in [0.2, 0.25) is 0 Å². The number of carboxylic acid groups (broad SMARTS) is 1. The standard InChI is InChI=1S/C20H14F4N6O4/c21-17-12(19(31)32)2-4-16(27-17)28-18-11-5-6-29(8-14(11)25-9-26-18)10-1-3-15(30(33)34)13(7-10)20(22,23)24/h1-4,7,9H,5-6,8H2,(H,31,32)(H,25,26,27,28). The minimum atomic E-state index is -4.90. The lowest BCUT2D eigenvalue weighted by Gasteiger charge is -2.31. The lowest BCUT2D eigenvalue weighted by molar-refractivity contribution is -0.388. The summed E-state index contributed by atoms with van der Waals surface area (Å²) >= 11 is 0. The second-order valence-corrected chi connectivity index (χ2v) is 7.24. The first-order valence-electron chi connectivity index (χ1n) is 9.65. The number of nitro groups is 1. The van der Waals surface area contributed by atoms with Crippen molar-refractivity contribution in [2.45, 2.75) is 19.1 Å². The molecule has 10 nitrogen and oxygen atoms in total. The van der Waals surface area contributed by atoms with Gasteiger partial charge in [0.1, 0.15) is 29.1 Å². The molecule has 0 fully saturated rings. The number of aromatic nitrogens is 3. The van der Waals surface area contributed by atoms with E-state index in [1.165, 1.54) is 18.5 Å². The Labute approximate surface area is 188 Å². The number of nitrogens with zero attached hydrogens (tertiary/aromatic N) is 5. The van der Waals surface area contributed by atoms with Gasteiger partial charge in [0.2, 0.25) is 5.95 Å². The third-order valence-electron chi connectivity index (χ3n) is 5.18. The van der Waals surface area contributed by atoms with E-state index in [9.17, 15) is 32.5 Å². The van der Waals surface area contributed by atoms with Crippen molar-refractivity contribution in [3.63, 3.8) is 0 Å². The molecule has 4 rings (SSSR count). The van der Waals surface area contributed by atoms with Crippen molar-refractivity contribution in [2.24, 2.45) is 0 Å². The van der Waals surface area contributed by atoms with Gasteiger partial charge < -0.3 is 15.3 Å². The van der Waals surface area contributed by atoms with Gasteiger partial charge in [-0.2, -0.15) is 17.6 Å². The molecule has 0 saturated heterocycles. The molecule has 2 N–H and O–H groups in total. The van der Waals surface area contributed by atoms with Crippen LogP contribution in [0.25, 0.3) is 0 Å². The fourth-order valence-electron chi connectivity index (χ4n) is 3.57. The lowest BCUT2D eigenvalue weighted by atomic mass is 10.0. The fraction of sp³-hybridized carbons (Fsp3) is 0.200. The van der Waals surface area contributed by atoms with E-state index >= 15 is 0 Å². The number of pyridine rings is 1. The zero-order chi connectivity index (χ0) is 24.6. The number of hydrogen-bond donors (Lipinski definition) is 2. The maximum absolute atomic E-state index is 13.9. The highest BCUT2D eigenvalue weighted by atomic mass is 19.4. The third kappa shape index (κ3) is 4.42. The summed E-state index contributed by atoms with van der Waals surface area (Å²) in [6, 6.07) is 5.12. The Bertz CT molecular complexity index is 1300. The number of anilines is 3. The zero-order valence-corrected chi connectivity index (χ0v) is 17.0. The van der Waals surface area contributed by atoms with Crippen LogP contribution in [0.1, 0.15) is 27.2 Å². The van der Waals surface area contributed by atoms with Crippen LogP contribution in [0.5, 0.6) is 0 Å². The van der Waals surface area contributed by atoms with Gasteiger partial charge in [0.25, 0.3) is 5.69 Å². The van der Waals surface area contributed by atoms with Crippen molar-refractivity contribution < 1.29 is 32.4 Å². The van der Waals surface area contributed by atoms with Crippen LogP contribution in [0.15, 0.2) is 36.7 Å². The Hall–Kier alpha value is -4.36. The summed E-state index contributed by atoms with van der Waals surface area (Å²) in [7, 11) is 0. The summed E-state index contributed by atoms with van der Waals surface area (Å²) in [6.45, 7) is 0.352. The third-order valence-corrected chi connectivity index (χ3v) is 5.18. The van der Waals surface area contributed by atoms with Crippen LogP contribution >= 0.6 is 0 Å². The Balaban J connectivity index is 1.60. The van der Waals surface area contributed by atoms with Gasteiger partial charge in [-0.3, -0.25) is 10.1 Å². The maximum Gasteiger partial charge on any atom is 0.423 e. The number of hydrogen-bond acceptors (Lipinski definition) is 8. The monoisotopic (exact) mass is 478 g/mol. The number of carbonyl (C=O) groups is 1. The van der Waals surface area contributed by atoms with E-state index in [0.717, 1.165) is 18.2 Å².